The fourth-order valence-electron chi connectivity index (χ4n) is 4.55. The average Bonchev–Trinajstić information content (AvgIpc) is 3.09. The Kier molecular flexibility index (Phi) is 7.80. The van der Waals surface area contributed by atoms with E-state index in [2.05, 4.69) is 16.3 Å². The molecule has 0 atom stereocenters. The quantitative estimate of drug-likeness (QED) is 0.671. The number of rotatable bonds is 6. The molecule has 2 aliphatic rings. The Bertz CT molecular complexity index is 1110. The Morgan fingerprint density at radius 3 is 2.26 bits per heavy atom. The van der Waals surface area contributed by atoms with Crippen LogP contribution in [0.5, 0.6) is 0 Å². The number of hydrogen-bond donors (Lipinski definition) is 1. The number of benzene rings is 1. The normalized spacial score (nSPS) is 17.3. The summed E-state index contributed by atoms with van der Waals surface area (Å²) in [4.78, 5) is 31.5. The van der Waals surface area contributed by atoms with E-state index >= 15 is 0 Å². The molecule has 1 N–H and O–H groups in total. The number of carbonyl (C=O) groups excluding carboxylic acids is 2. The van der Waals surface area contributed by atoms with E-state index in [4.69, 9.17) is 4.74 Å². The number of hydrogen-bond acceptors (Lipinski definition) is 6. The Labute approximate surface area is 204 Å². The van der Waals surface area contributed by atoms with Crippen LogP contribution in [0.1, 0.15) is 16.8 Å². The zero-order valence-electron chi connectivity index (χ0n) is 20.2. The van der Waals surface area contributed by atoms with E-state index in [1.54, 1.807) is 16.7 Å². The zero-order valence-corrected chi connectivity index (χ0v) is 20.2. The number of carbonyl (C=O) groups is 2. The molecule has 9 nitrogen and oxygen atoms in total. The first-order chi connectivity index (χ1) is 16.9. The number of halogens is 1. The Balaban J connectivity index is 1.37. The Morgan fingerprint density at radius 1 is 1.00 bits per heavy atom. The molecular weight excluding hydrogens is 451 g/mol. The highest BCUT2D eigenvalue weighted by Gasteiger charge is 2.26. The number of amides is 2. The number of nitriles is 1. The van der Waals surface area contributed by atoms with Gasteiger partial charge in [-0.1, -0.05) is 0 Å². The average molecular weight is 483 g/mol. The van der Waals surface area contributed by atoms with Crippen molar-refractivity contribution in [2.75, 3.05) is 70.9 Å². The predicted octanol–water partition coefficient (Wildman–Crippen LogP) is 1.52. The van der Waals surface area contributed by atoms with Gasteiger partial charge in [-0.05, 0) is 43.7 Å². The topological polar surface area (TPSA) is 93.8 Å². The monoisotopic (exact) mass is 482 g/mol. The highest BCUT2D eigenvalue weighted by atomic mass is 19.1. The van der Waals surface area contributed by atoms with Gasteiger partial charge < -0.3 is 15.0 Å². The van der Waals surface area contributed by atoms with Crippen LogP contribution in [0.15, 0.2) is 24.3 Å². The lowest BCUT2D eigenvalue weighted by Crippen LogP contribution is -2.53. The maximum Gasteiger partial charge on any atom is 0.239 e. The van der Waals surface area contributed by atoms with E-state index in [1.165, 1.54) is 12.1 Å². The largest absolute Gasteiger partial charge is 0.379 e. The van der Waals surface area contributed by atoms with Crippen LogP contribution < -0.4 is 5.32 Å². The summed E-state index contributed by atoms with van der Waals surface area (Å²) < 4.78 is 20.6. The highest BCUT2D eigenvalue weighted by molar-refractivity contribution is 5.93. The third-order valence-electron chi connectivity index (χ3n) is 6.72. The molecule has 0 radical (unpaired) electrons. The summed E-state index contributed by atoms with van der Waals surface area (Å²) in [5, 5.41) is 12.6. The molecule has 10 heteroatoms. The third kappa shape index (κ3) is 5.70. The summed E-state index contributed by atoms with van der Waals surface area (Å²) >= 11 is 0. The molecule has 186 valence electrons. The standard InChI is InChI=1S/C25H31FN6O3/c1-18-19(2)32(21-5-3-20(26)4-6-21)25(22(18)15-27)28-23(33)16-29-7-9-31(10-8-29)24(34)17-30-11-13-35-14-12-30/h3-6H,7-14,16-17H2,1-2H3,(H,28,33). The van der Waals surface area contributed by atoms with Crippen molar-refractivity contribution in [3.8, 4) is 11.8 Å². The predicted molar refractivity (Wildman–Crippen MR) is 129 cm³/mol. The van der Waals surface area contributed by atoms with Gasteiger partial charge in [0, 0.05) is 50.6 Å². The van der Waals surface area contributed by atoms with Gasteiger partial charge in [0.05, 0.1) is 31.9 Å². The van der Waals surface area contributed by atoms with Crippen LogP contribution in [0.2, 0.25) is 0 Å². The molecule has 1 aromatic heterocycles. The lowest BCUT2D eigenvalue weighted by atomic mass is 10.2. The van der Waals surface area contributed by atoms with Crippen molar-refractivity contribution in [1.29, 1.82) is 5.26 Å². The smallest absolute Gasteiger partial charge is 0.239 e. The molecule has 0 bridgehead atoms. The third-order valence-corrected chi connectivity index (χ3v) is 6.72. The summed E-state index contributed by atoms with van der Waals surface area (Å²) in [6, 6.07) is 8.12. The molecule has 0 aliphatic carbocycles. The second kappa shape index (κ2) is 11.0. The molecular formula is C25H31FN6O3. The van der Waals surface area contributed by atoms with Crippen molar-refractivity contribution in [3.05, 3.63) is 46.9 Å². The summed E-state index contributed by atoms with van der Waals surface area (Å²) in [6.45, 7) is 9.47. The summed E-state index contributed by atoms with van der Waals surface area (Å²) in [5.41, 5.74) is 2.62. The van der Waals surface area contributed by atoms with Gasteiger partial charge in [0.2, 0.25) is 11.8 Å². The lowest BCUT2D eigenvalue weighted by Gasteiger charge is -2.36. The van der Waals surface area contributed by atoms with Crippen LogP contribution in [0.4, 0.5) is 10.2 Å². The van der Waals surface area contributed by atoms with Gasteiger partial charge in [-0.15, -0.1) is 0 Å². The van der Waals surface area contributed by atoms with E-state index in [-0.39, 0.29) is 24.2 Å². The number of nitrogens with zero attached hydrogens (tertiary/aromatic N) is 5. The van der Waals surface area contributed by atoms with Crippen molar-refractivity contribution in [1.82, 2.24) is 19.3 Å². The molecule has 4 rings (SSSR count). The molecule has 35 heavy (non-hydrogen) atoms. The van der Waals surface area contributed by atoms with E-state index in [0.29, 0.717) is 63.0 Å². The number of nitrogens with one attached hydrogen (secondary N) is 1. The fraction of sp³-hybridized carbons (Fsp3) is 0.480. The first kappa shape index (κ1) is 24.9. The van der Waals surface area contributed by atoms with Gasteiger partial charge in [-0.25, -0.2) is 4.39 Å². The second-order valence-electron chi connectivity index (χ2n) is 8.95. The van der Waals surface area contributed by atoms with Gasteiger partial charge >= 0.3 is 0 Å². The molecule has 2 aliphatic heterocycles. The van der Waals surface area contributed by atoms with Gasteiger partial charge in [-0.2, -0.15) is 5.26 Å². The molecule has 2 saturated heterocycles. The van der Waals surface area contributed by atoms with Crippen molar-refractivity contribution in [2.24, 2.45) is 0 Å². The molecule has 1 aromatic carbocycles. The second-order valence-corrected chi connectivity index (χ2v) is 8.95. The van der Waals surface area contributed by atoms with Gasteiger partial charge in [0.25, 0.3) is 0 Å². The van der Waals surface area contributed by atoms with Crippen LogP contribution in [0.25, 0.3) is 5.69 Å². The molecule has 2 amide bonds. The number of aromatic nitrogens is 1. The van der Waals surface area contributed by atoms with Crippen molar-refractivity contribution >= 4 is 17.6 Å². The lowest BCUT2D eigenvalue weighted by molar-refractivity contribution is -0.135. The molecule has 0 spiro atoms. The van der Waals surface area contributed by atoms with Crippen LogP contribution in [0, 0.1) is 31.0 Å². The number of piperazine rings is 1. The van der Waals surface area contributed by atoms with Crippen molar-refractivity contribution in [3.63, 3.8) is 0 Å². The molecule has 0 unspecified atom stereocenters. The maximum absolute atomic E-state index is 13.5. The van der Waals surface area contributed by atoms with E-state index in [9.17, 15) is 19.2 Å². The minimum absolute atomic E-state index is 0.109. The first-order valence-corrected chi connectivity index (χ1v) is 11.9. The summed E-state index contributed by atoms with van der Waals surface area (Å²) in [7, 11) is 0. The molecule has 0 saturated carbocycles. The Hall–Kier alpha value is -3.26. The number of ether oxygens (including phenoxy) is 1. The van der Waals surface area contributed by atoms with Crippen LogP contribution in [-0.4, -0.2) is 96.7 Å². The molecule has 2 aromatic rings. The zero-order chi connectivity index (χ0) is 24.9. The maximum atomic E-state index is 13.5. The van der Waals surface area contributed by atoms with Crippen LogP contribution in [-0.2, 0) is 14.3 Å². The van der Waals surface area contributed by atoms with Gasteiger partial charge in [-0.3, -0.25) is 24.0 Å². The van der Waals surface area contributed by atoms with Crippen molar-refractivity contribution in [2.45, 2.75) is 13.8 Å². The minimum Gasteiger partial charge on any atom is -0.379 e. The highest BCUT2D eigenvalue weighted by Crippen LogP contribution is 2.30. The summed E-state index contributed by atoms with van der Waals surface area (Å²) in [6.07, 6.45) is 0. The number of anilines is 1. The van der Waals surface area contributed by atoms with Gasteiger partial charge in [0.15, 0.2) is 0 Å². The minimum atomic E-state index is -0.357. The van der Waals surface area contributed by atoms with E-state index in [1.807, 2.05) is 23.6 Å². The van der Waals surface area contributed by atoms with Crippen LogP contribution >= 0.6 is 0 Å². The van der Waals surface area contributed by atoms with Crippen LogP contribution in [0.3, 0.4) is 0 Å². The first-order valence-electron chi connectivity index (χ1n) is 11.9. The summed E-state index contributed by atoms with van der Waals surface area (Å²) in [5.74, 6) is -0.101. The van der Waals surface area contributed by atoms with Gasteiger partial charge in [0.1, 0.15) is 17.7 Å². The van der Waals surface area contributed by atoms with E-state index in [0.717, 1.165) is 24.3 Å². The molecule has 3 heterocycles. The fourth-order valence-corrected chi connectivity index (χ4v) is 4.55. The molecule has 2 fully saturated rings. The SMILES string of the molecule is Cc1c(C#N)c(NC(=O)CN2CCN(C(=O)CN3CCOCC3)CC2)n(-c2ccc(F)cc2)c1C. The van der Waals surface area contributed by atoms with Crippen molar-refractivity contribution < 1.29 is 18.7 Å². The Morgan fingerprint density at radius 2 is 1.63 bits per heavy atom. The number of morpholine rings is 1. The van der Waals surface area contributed by atoms with E-state index < -0.39 is 0 Å².